The van der Waals surface area contributed by atoms with Crippen molar-refractivity contribution in [1.29, 1.82) is 0 Å². The monoisotopic (exact) mass is 341 g/mol. The number of nitrogens with two attached hydrogens (primary N) is 1. The Morgan fingerprint density at radius 1 is 1.24 bits per heavy atom. The smallest absolute Gasteiger partial charge is 0.237 e. The summed E-state index contributed by atoms with van der Waals surface area (Å²) in [5.74, 6) is -0.372. The molecule has 2 atom stereocenters. The Morgan fingerprint density at radius 3 is 2.80 bits per heavy atom. The second-order valence-corrected chi connectivity index (χ2v) is 6.57. The third-order valence-corrected chi connectivity index (χ3v) is 4.58. The topological polar surface area (TPSA) is 58.4 Å². The zero-order chi connectivity index (χ0) is 17.6. The van der Waals surface area contributed by atoms with E-state index in [2.05, 4.69) is 10.2 Å². The van der Waals surface area contributed by atoms with E-state index in [9.17, 15) is 9.18 Å². The molecule has 2 aromatic carbocycles. The first-order chi connectivity index (χ1) is 12.1. The molecular formula is C20H24FN3O. The molecular weight excluding hydrogens is 317 g/mol. The van der Waals surface area contributed by atoms with Crippen LogP contribution in [0.4, 0.5) is 10.1 Å². The minimum absolute atomic E-state index is 0.0336. The van der Waals surface area contributed by atoms with E-state index >= 15 is 0 Å². The lowest BCUT2D eigenvalue weighted by Crippen LogP contribution is -2.52. The molecule has 1 aliphatic rings. The molecule has 0 bridgehead atoms. The summed E-state index contributed by atoms with van der Waals surface area (Å²) in [6.07, 6.45) is 2.39. The summed E-state index contributed by atoms with van der Waals surface area (Å²) >= 11 is 0. The molecule has 25 heavy (non-hydrogen) atoms. The molecule has 4 nitrogen and oxygen atoms in total. The molecule has 0 spiro atoms. The Hall–Kier alpha value is -2.40. The first-order valence-corrected chi connectivity index (χ1v) is 8.72. The zero-order valence-corrected chi connectivity index (χ0v) is 14.2. The molecule has 132 valence electrons. The number of carbonyl (C=O) groups excluding carboxylic acids is 1. The van der Waals surface area contributed by atoms with Crippen molar-refractivity contribution >= 4 is 11.6 Å². The van der Waals surface area contributed by atoms with E-state index in [1.165, 1.54) is 12.1 Å². The zero-order valence-electron chi connectivity index (χ0n) is 14.2. The van der Waals surface area contributed by atoms with Gasteiger partial charge in [-0.2, -0.15) is 0 Å². The van der Waals surface area contributed by atoms with Crippen LogP contribution in [0.15, 0.2) is 54.6 Å². The van der Waals surface area contributed by atoms with Crippen molar-refractivity contribution in [2.45, 2.75) is 31.3 Å². The van der Waals surface area contributed by atoms with Crippen LogP contribution in [0.25, 0.3) is 0 Å². The summed E-state index contributed by atoms with van der Waals surface area (Å²) in [4.78, 5) is 14.5. The molecule has 1 amide bonds. The molecule has 0 aliphatic carbocycles. The predicted octanol–water partition coefficient (Wildman–Crippen LogP) is 2.48. The highest BCUT2D eigenvalue weighted by molar-refractivity contribution is 5.82. The van der Waals surface area contributed by atoms with Gasteiger partial charge in [0.25, 0.3) is 0 Å². The van der Waals surface area contributed by atoms with E-state index in [4.69, 9.17) is 5.73 Å². The normalized spacial score (nSPS) is 18.6. The Morgan fingerprint density at radius 2 is 2.04 bits per heavy atom. The fourth-order valence-corrected chi connectivity index (χ4v) is 3.27. The molecule has 0 radical (unpaired) electrons. The Balaban J connectivity index is 1.56. The first kappa shape index (κ1) is 17.4. The van der Waals surface area contributed by atoms with Crippen molar-refractivity contribution in [2.24, 2.45) is 5.73 Å². The van der Waals surface area contributed by atoms with Gasteiger partial charge in [-0.1, -0.05) is 36.4 Å². The van der Waals surface area contributed by atoms with Gasteiger partial charge in [0, 0.05) is 24.8 Å². The molecule has 1 fully saturated rings. The number of hydrogen-bond acceptors (Lipinski definition) is 3. The maximum Gasteiger partial charge on any atom is 0.237 e. The summed E-state index contributed by atoms with van der Waals surface area (Å²) in [5.41, 5.74) is 7.96. The number of benzene rings is 2. The molecule has 0 aromatic heterocycles. The number of nitrogens with zero attached hydrogens (tertiary/aromatic N) is 1. The molecule has 0 saturated carbocycles. The van der Waals surface area contributed by atoms with Crippen LogP contribution < -0.4 is 16.0 Å². The summed E-state index contributed by atoms with van der Waals surface area (Å²) in [6, 6.07) is 15.8. The van der Waals surface area contributed by atoms with Gasteiger partial charge in [-0.05, 0) is 43.0 Å². The molecule has 1 saturated heterocycles. The number of rotatable bonds is 5. The second kappa shape index (κ2) is 8.12. The van der Waals surface area contributed by atoms with Crippen molar-refractivity contribution in [2.75, 3.05) is 18.0 Å². The maximum atomic E-state index is 13.4. The molecule has 5 heteroatoms. The highest BCUT2D eigenvalue weighted by atomic mass is 19.1. The van der Waals surface area contributed by atoms with E-state index in [1.807, 2.05) is 36.4 Å². The Labute approximate surface area is 147 Å². The third kappa shape index (κ3) is 4.79. The fourth-order valence-electron chi connectivity index (χ4n) is 3.27. The van der Waals surface area contributed by atoms with E-state index < -0.39 is 6.04 Å². The van der Waals surface area contributed by atoms with Crippen molar-refractivity contribution in [1.82, 2.24) is 5.32 Å². The quantitative estimate of drug-likeness (QED) is 0.878. The molecule has 1 aliphatic heterocycles. The van der Waals surface area contributed by atoms with Gasteiger partial charge >= 0.3 is 0 Å². The van der Waals surface area contributed by atoms with Crippen molar-refractivity contribution in [3.63, 3.8) is 0 Å². The lowest BCUT2D eigenvalue weighted by molar-refractivity contribution is -0.123. The average molecular weight is 341 g/mol. The van der Waals surface area contributed by atoms with Gasteiger partial charge in [0.2, 0.25) is 5.91 Å². The molecule has 2 aromatic rings. The largest absolute Gasteiger partial charge is 0.369 e. The van der Waals surface area contributed by atoms with Crippen LogP contribution in [-0.2, 0) is 11.2 Å². The number of nitrogens with one attached hydrogen (secondary N) is 1. The van der Waals surface area contributed by atoms with Gasteiger partial charge in [-0.3, -0.25) is 4.79 Å². The molecule has 3 N–H and O–H groups in total. The van der Waals surface area contributed by atoms with Crippen molar-refractivity contribution in [3.8, 4) is 0 Å². The number of carbonyl (C=O) groups is 1. The Kier molecular flexibility index (Phi) is 5.66. The average Bonchev–Trinajstić information content (AvgIpc) is 2.63. The lowest BCUT2D eigenvalue weighted by atomic mass is 10.0. The number of anilines is 1. The maximum absolute atomic E-state index is 13.4. The van der Waals surface area contributed by atoms with Crippen LogP contribution in [0, 0.1) is 5.82 Å². The van der Waals surface area contributed by atoms with Crippen LogP contribution in [0.3, 0.4) is 0 Å². The van der Waals surface area contributed by atoms with Gasteiger partial charge in [-0.25, -0.2) is 4.39 Å². The van der Waals surface area contributed by atoms with Crippen molar-refractivity contribution < 1.29 is 9.18 Å². The van der Waals surface area contributed by atoms with Gasteiger partial charge < -0.3 is 16.0 Å². The van der Waals surface area contributed by atoms with E-state index in [0.717, 1.165) is 30.6 Å². The molecule has 3 rings (SSSR count). The van der Waals surface area contributed by atoms with E-state index in [1.54, 1.807) is 6.07 Å². The number of halogens is 1. The molecule has 2 unspecified atom stereocenters. The fraction of sp³-hybridized carbons (Fsp3) is 0.350. The SMILES string of the molecule is NC(Cc1ccccc1)C(=O)NC1CCCN(c2cccc(F)c2)C1. The van der Waals surface area contributed by atoms with Gasteiger partial charge in [-0.15, -0.1) is 0 Å². The summed E-state index contributed by atoms with van der Waals surface area (Å²) in [7, 11) is 0. The van der Waals surface area contributed by atoms with E-state index in [0.29, 0.717) is 13.0 Å². The van der Waals surface area contributed by atoms with Crippen LogP contribution >= 0.6 is 0 Å². The highest BCUT2D eigenvalue weighted by Crippen LogP contribution is 2.20. The standard InChI is InChI=1S/C20H24FN3O/c21-16-8-4-10-18(13-16)24-11-5-9-17(14-24)23-20(25)19(22)12-15-6-2-1-3-7-15/h1-4,6-8,10,13,17,19H,5,9,11-12,14,22H2,(H,23,25). The number of piperidine rings is 1. The van der Waals surface area contributed by atoms with Crippen LogP contribution in [0.2, 0.25) is 0 Å². The Bertz CT molecular complexity index is 707. The number of amides is 1. The third-order valence-electron chi connectivity index (χ3n) is 4.58. The van der Waals surface area contributed by atoms with E-state index in [-0.39, 0.29) is 17.8 Å². The van der Waals surface area contributed by atoms with Crippen molar-refractivity contribution in [3.05, 3.63) is 66.0 Å². The minimum atomic E-state index is -0.563. The highest BCUT2D eigenvalue weighted by Gasteiger charge is 2.24. The van der Waals surface area contributed by atoms with Gasteiger partial charge in [0.1, 0.15) is 5.82 Å². The van der Waals surface area contributed by atoms with Gasteiger partial charge in [0.15, 0.2) is 0 Å². The van der Waals surface area contributed by atoms with Crippen LogP contribution in [0.5, 0.6) is 0 Å². The summed E-state index contributed by atoms with van der Waals surface area (Å²) < 4.78 is 13.4. The first-order valence-electron chi connectivity index (χ1n) is 8.72. The molecule has 1 heterocycles. The summed E-state index contributed by atoms with van der Waals surface area (Å²) in [5, 5.41) is 3.05. The number of hydrogen-bond donors (Lipinski definition) is 2. The van der Waals surface area contributed by atoms with Gasteiger partial charge in [0.05, 0.1) is 6.04 Å². The second-order valence-electron chi connectivity index (χ2n) is 6.57. The summed E-state index contributed by atoms with van der Waals surface area (Å²) in [6.45, 7) is 1.54. The van der Waals surface area contributed by atoms with Crippen LogP contribution in [0.1, 0.15) is 18.4 Å². The minimum Gasteiger partial charge on any atom is -0.369 e. The lowest BCUT2D eigenvalue weighted by Gasteiger charge is -2.35. The predicted molar refractivity (Wildman–Crippen MR) is 97.9 cm³/mol. The van der Waals surface area contributed by atoms with Crippen LogP contribution in [-0.4, -0.2) is 31.1 Å².